The molecule has 3 N–H and O–H groups in total. The molecule has 0 aliphatic heterocycles. The maximum Gasteiger partial charge on any atom is 0.156 e. The zero-order valence-corrected chi connectivity index (χ0v) is 13.7. The van der Waals surface area contributed by atoms with Crippen LogP contribution >= 0.6 is 0 Å². The van der Waals surface area contributed by atoms with E-state index in [9.17, 15) is 0 Å². The molecule has 0 saturated heterocycles. The highest BCUT2D eigenvalue weighted by Gasteiger charge is 2.09. The van der Waals surface area contributed by atoms with Crippen LogP contribution in [-0.4, -0.2) is 20.2 Å². The van der Waals surface area contributed by atoms with Crippen molar-refractivity contribution in [3.63, 3.8) is 0 Å². The number of benzene rings is 2. The quantitative estimate of drug-likeness (QED) is 0.529. The van der Waals surface area contributed by atoms with Gasteiger partial charge in [0.1, 0.15) is 11.5 Å². The van der Waals surface area contributed by atoms with Gasteiger partial charge in [-0.2, -0.15) is 5.10 Å². The highest BCUT2D eigenvalue weighted by Crippen LogP contribution is 2.23. The summed E-state index contributed by atoms with van der Waals surface area (Å²) in [5.41, 5.74) is 6.61. The molecule has 4 aromatic rings. The van der Waals surface area contributed by atoms with Gasteiger partial charge in [-0.15, -0.1) is 0 Å². The van der Waals surface area contributed by atoms with E-state index in [1.807, 2.05) is 24.3 Å². The summed E-state index contributed by atoms with van der Waals surface area (Å²) in [7, 11) is 0. The van der Waals surface area contributed by atoms with Crippen molar-refractivity contribution >= 4 is 16.9 Å². The van der Waals surface area contributed by atoms with E-state index in [2.05, 4.69) is 63.6 Å². The van der Waals surface area contributed by atoms with Gasteiger partial charge in [-0.1, -0.05) is 30.3 Å². The van der Waals surface area contributed by atoms with E-state index >= 15 is 0 Å². The third kappa shape index (κ3) is 2.76. The van der Waals surface area contributed by atoms with E-state index in [1.165, 1.54) is 16.7 Å². The molecule has 0 aliphatic carbocycles. The first-order chi connectivity index (χ1) is 11.7. The van der Waals surface area contributed by atoms with Gasteiger partial charge >= 0.3 is 0 Å². The zero-order chi connectivity index (χ0) is 16.5. The van der Waals surface area contributed by atoms with Crippen LogP contribution in [0.3, 0.4) is 0 Å². The first-order valence-corrected chi connectivity index (χ1v) is 7.99. The van der Waals surface area contributed by atoms with Gasteiger partial charge in [-0.3, -0.25) is 5.10 Å². The molecule has 0 radical (unpaired) electrons. The Bertz CT molecular complexity index is 943. The average Bonchev–Trinajstić information content (AvgIpc) is 3.21. The van der Waals surface area contributed by atoms with E-state index in [0.717, 1.165) is 34.9 Å². The number of H-pyrrole nitrogens is 2. The molecule has 0 amide bonds. The van der Waals surface area contributed by atoms with Gasteiger partial charge in [0.05, 0.1) is 11.0 Å². The fourth-order valence-corrected chi connectivity index (χ4v) is 2.72. The molecule has 120 valence electrons. The van der Waals surface area contributed by atoms with Crippen molar-refractivity contribution in [2.45, 2.75) is 20.4 Å². The van der Waals surface area contributed by atoms with E-state index < -0.39 is 0 Å². The molecule has 0 atom stereocenters. The van der Waals surface area contributed by atoms with Crippen LogP contribution in [0.4, 0.5) is 5.82 Å². The van der Waals surface area contributed by atoms with Crippen LogP contribution < -0.4 is 5.32 Å². The average molecular weight is 317 g/mol. The fraction of sp³-hybridized carbons (Fsp3) is 0.158. The Morgan fingerprint density at radius 3 is 2.62 bits per heavy atom. The van der Waals surface area contributed by atoms with Gasteiger partial charge in [0.2, 0.25) is 0 Å². The van der Waals surface area contributed by atoms with Gasteiger partial charge in [0.15, 0.2) is 5.82 Å². The maximum absolute atomic E-state index is 4.66. The van der Waals surface area contributed by atoms with Crippen molar-refractivity contribution in [1.29, 1.82) is 0 Å². The number of aryl methyl sites for hydroxylation is 2. The number of fused-ring (bicyclic) bond motifs is 1. The zero-order valence-electron chi connectivity index (χ0n) is 13.7. The molecule has 0 unspecified atom stereocenters. The summed E-state index contributed by atoms with van der Waals surface area (Å²) in [6.45, 7) is 4.95. The summed E-state index contributed by atoms with van der Waals surface area (Å²) < 4.78 is 0. The third-order valence-corrected chi connectivity index (χ3v) is 4.25. The maximum atomic E-state index is 4.66. The Hall–Kier alpha value is -3.08. The standard InChI is InChI=1S/C19H19N5/c1-12-8-15-16(9-13(12)2)22-19(21-15)17-10-18(24-23-17)20-11-14-6-4-3-5-7-14/h3-10H,11H2,1-2H3,(H,21,22)(H2,20,23,24). The molecule has 2 aromatic carbocycles. The number of rotatable bonds is 4. The Balaban J connectivity index is 1.56. The van der Waals surface area contributed by atoms with Crippen molar-refractivity contribution in [3.05, 3.63) is 65.2 Å². The van der Waals surface area contributed by atoms with E-state index in [1.54, 1.807) is 0 Å². The van der Waals surface area contributed by atoms with Crippen molar-refractivity contribution in [3.8, 4) is 11.5 Å². The molecule has 0 spiro atoms. The number of nitrogens with zero attached hydrogens (tertiary/aromatic N) is 2. The van der Waals surface area contributed by atoms with Crippen LogP contribution in [0.1, 0.15) is 16.7 Å². The Labute approximate surface area is 140 Å². The van der Waals surface area contributed by atoms with Crippen LogP contribution in [-0.2, 0) is 6.54 Å². The number of anilines is 1. The van der Waals surface area contributed by atoms with E-state index in [0.29, 0.717) is 0 Å². The lowest BCUT2D eigenvalue weighted by atomic mass is 10.1. The third-order valence-electron chi connectivity index (χ3n) is 4.25. The Morgan fingerprint density at radius 2 is 1.79 bits per heavy atom. The molecular formula is C19H19N5. The van der Waals surface area contributed by atoms with Gasteiger partial charge < -0.3 is 10.3 Å². The number of hydrogen-bond acceptors (Lipinski definition) is 3. The highest BCUT2D eigenvalue weighted by molar-refractivity contribution is 5.80. The summed E-state index contributed by atoms with van der Waals surface area (Å²) in [5, 5.41) is 10.7. The molecule has 0 fully saturated rings. The predicted molar refractivity (Wildman–Crippen MR) is 96.9 cm³/mol. The van der Waals surface area contributed by atoms with Gasteiger partial charge in [0.25, 0.3) is 0 Å². The Morgan fingerprint density at radius 1 is 1.00 bits per heavy atom. The summed E-state index contributed by atoms with van der Waals surface area (Å²) >= 11 is 0. The van der Waals surface area contributed by atoms with E-state index in [4.69, 9.17) is 0 Å². The highest BCUT2D eigenvalue weighted by atomic mass is 15.2. The number of aromatic nitrogens is 4. The predicted octanol–water partition coefficient (Wildman–Crippen LogP) is 4.18. The second-order valence-corrected chi connectivity index (χ2v) is 6.05. The normalized spacial score (nSPS) is 11.1. The summed E-state index contributed by atoms with van der Waals surface area (Å²) in [6.07, 6.45) is 0. The van der Waals surface area contributed by atoms with Crippen LogP contribution in [0.2, 0.25) is 0 Å². The van der Waals surface area contributed by atoms with E-state index in [-0.39, 0.29) is 0 Å². The van der Waals surface area contributed by atoms with Crippen LogP contribution in [0.5, 0.6) is 0 Å². The molecule has 5 heteroatoms. The molecule has 0 bridgehead atoms. The van der Waals surface area contributed by atoms with Crippen LogP contribution in [0.25, 0.3) is 22.6 Å². The summed E-state index contributed by atoms with van der Waals surface area (Å²) in [4.78, 5) is 8.02. The minimum absolute atomic E-state index is 0.740. The first kappa shape index (κ1) is 14.5. The monoisotopic (exact) mass is 317 g/mol. The molecule has 2 aromatic heterocycles. The lowest BCUT2D eigenvalue weighted by molar-refractivity contribution is 1.05. The van der Waals surface area contributed by atoms with Crippen LogP contribution in [0.15, 0.2) is 48.5 Å². The van der Waals surface area contributed by atoms with Crippen molar-refractivity contribution in [2.75, 3.05) is 5.32 Å². The van der Waals surface area contributed by atoms with Gasteiger partial charge in [-0.25, -0.2) is 4.98 Å². The minimum atomic E-state index is 0.740. The summed E-state index contributed by atoms with van der Waals surface area (Å²) in [5.74, 6) is 1.61. The number of hydrogen-bond donors (Lipinski definition) is 3. The Kier molecular flexibility index (Phi) is 3.54. The van der Waals surface area contributed by atoms with Crippen molar-refractivity contribution in [2.24, 2.45) is 0 Å². The van der Waals surface area contributed by atoms with Crippen LogP contribution in [0, 0.1) is 13.8 Å². The second kappa shape index (κ2) is 5.85. The molecule has 5 nitrogen and oxygen atoms in total. The minimum Gasteiger partial charge on any atom is -0.365 e. The molecule has 0 saturated carbocycles. The van der Waals surface area contributed by atoms with Gasteiger partial charge in [-0.05, 0) is 42.7 Å². The van der Waals surface area contributed by atoms with Gasteiger partial charge in [0, 0.05) is 12.6 Å². The smallest absolute Gasteiger partial charge is 0.156 e. The molecule has 24 heavy (non-hydrogen) atoms. The van der Waals surface area contributed by atoms with Crippen molar-refractivity contribution in [1.82, 2.24) is 20.2 Å². The summed E-state index contributed by atoms with van der Waals surface area (Å²) in [6, 6.07) is 16.5. The molecule has 0 aliphatic rings. The molecular weight excluding hydrogens is 298 g/mol. The lowest BCUT2D eigenvalue weighted by Crippen LogP contribution is -1.98. The first-order valence-electron chi connectivity index (χ1n) is 7.99. The fourth-order valence-electron chi connectivity index (χ4n) is 2.72. The van der Waals surface area contributed by atoms with Crippen molar-refractivity contribution < 1.29 is 0 Å². The number of imidazole rings is 1. The molecule has 2 heterocycles. The largest absolute Gasteiger partial charge is 0.365 e. The number of aromatic amines is 2. The lowest BCUT2D eigenvalue weighted by Gasteiger charge is -2.01. The SMILES string of the molecule is Cc1cc2nc(-c3cc(NCc4ccccc4)n[nH]3)[nH]c2cc1C. The second-order valence-electron chi connectivity index (χ2n) is 6.05. The molecule has 4 rings (SSSR count). The number of nitrogens with one attached hydrogen (secondary N) is 3. The topological polar surface area (TPSA) is 69.4 Å².